The van der Waals surface area contributed by atoms with Crippen LogP contribution < -0.4 is 10.1 Å². The molecule has 1 unspecified atom stereocenters. The fraction of sp³-hybridized carbons (Fsp3) is 0.375. The predicted octanol–water partition coefficient (Wildman–Crippen LogP) is 2.88. The van der Waals surface area contributed by atoms with E-state index in [9.17, 15) is 0 Å². The third-order valence-corrected chi connectivity index (χ3v) is 3.03. The SMILES string of the molecule is CCNC(c1cnc(C)cn1)c1ccccc1OCC. The normalized spacial score (nSPS) is 12.2. The van der Waals surface area contributed by atoms with Gasteiger partial charge in [-0.25, -0.2) is 0 Å². The molecule has 0 spiro atoms. The van der Waals surface area contributed by atoms with Crippen molar-refractivity contribution in [1.29, 1.82) is 0 Å². The first-order valence-electron chi connectivity index (χ1n) is 6.99. The maximum Gasteiger partial charge on any atom is 0.124 e. The van der Waals surface area contributed by atoms with Crippen molar-refractivity contribution in [3.05, 3.63) is 53.6 Å². The maximum atomic E-state index is 5.72. The van der Waals surface area contributed by atoms with Gasteiger partial charge in [-0.05, 0) is 26.5 Å². The zero-order chi connectivity index (χ0) is 14.4. The van der Waals surface area contributed by atoms with Crippen LogP contribution in [0.2, 0.25) is 0 Å². The molecule has 2 aromatic rings. The van der Waals surface area contributed by atoms with Crippen LogP contribution in [-0.2, 0) is 0 Å². The van der Waals surface area contributed by atoms with Crippen LogP contribution in [-0.4, -0.2) is 23.1 Å². The molecule has 0 bridgehead atoms. The highest BCUT2D eigenvalue weighted by Crippen LogP contribution is 2.28. The van der Waals surface area contributed by atoms with E-state index >= 15 is 0 Å². The van der Waals surface area contributed by atoms with E-state index in [1.807, 2.05) is 38.2 Å². The third-order valence-electron chi connectivity index (χ3n) is 3.03. The number of aryl methyl sites for hydroxylation is 1. The van der Waals surface area contributed by atoms with Crippen molar-refractivity contribution in [2.75, 3.05) is 13.2 Å². The van der Waals surface area contributed by atoms with E-state index in [0.29, 0.717) is 6.61 Å². The summed E-state index contributed by atoms with van der Waals surface area (Å²) in [6, 6.07) is 8.06. The number of hydrogen-bond acceptors (Lipinski definition) is 4. The Balaban J connectivity index is 2.40. The van der Waals surface area contributed by atoms with Crippen molar-refractivity contribution in [3.63, 3.8) is 0 Å². The number of benzene rings is 1. The zero-order valence-electron chi connectivity index (χ0n) is 12.3. The van der Waals surface area contributed by atoms with Gasteiger partial charge in [0.05, 0.1) is 30.2 Å². The molecular formula is C16H21N3O. The average molecular weight is 271 g/mol. The summed E-state index contributed by atoms with van der Waals surface area (Å²) < 4.78 is 5.72. The lowest BCUT2D eigenvalue weighted by atomic mass is 10.0. The topological polar surface area (TPSA) is 47.0 Å². The van der Waals surface area contributed by atoms with Crippen LogP contribution in [0, 0.1) is 6.92 Å². The standard InChI is InChI=1S/C16H21N3O/c1-4-17-16(14-11-18-12(3)10-19-14)13-8-6-7-9-15(13)20-5-2/h6-11,16-17H,4-5H2,1-3H3. The molecule has 1 N–H and O–H groups in total. The Morgan fingerprint density at radius 2 is 1.95 bits per heavy atom. The van der Waals surface area contributed by atoms with Crippen molar-refractivity contribution in [2.45, 2.75) is 26.8 Å². The predicted molar refractivity (Wildman–Crippen MR) is 79.9 cm³/mol. The first kappa shape index (κ1) is 14.5. The molecule has 4 heteroatoms. The Kier molecular flexibility index (Phi) is 5.07. The second-order valence-corrected chi connectivity index (χ2v) is 4.54. The Hall–Kier alpha value is -1.94. The number of hydrogen-bond donors (Lipinski definition) is 1. The molecule has 2 rings (SSSR count). The fourth-order valence-electron chi connectivity index (χ4n) is 2.14. The molecule has 0 aliphatic carbocycles. The molecule has 0 amide bonds. The summed E-state index contributed by atoms with van der Waals surface area (Å²) in [4.78, 5) is 8.83. The van der Waals surface area contributed by atoms with Gasteiger partial charge in [0.25, 0.3) is 0 Å². The number of aromatic nitrogens is 2. The van der Waals surface area contributed by atoms with Gasteiger partial charge in [0.1, 0.15) is 5.75 Å². The van der Waals surface area contributed by atoms with Crippen LogP contribution in [0.4, 0.5) is 0 Å². The highest BCUT2D eigenvalue weighted by atomic mass is 16.5. The van der Waals surface area contributed by atoms with Gasteiger partial charge < -0.3 is 10.1 Å². The minimum Gasteiger partial charge on any atom is -0.494 e. The third kappa shape index (κ3) is 3.33. The largest absolute Gasteiger partial charge is 0.494 e. The molecule has 4 nitrogen and oxygen atoms in total. The molecule has 0 aliphatic rings. The van der Waals surface area contributed by atoms with E-state index in [2.05, 4.69) is 28.3 Å². The van der Waals surface area contributed by atoms with Crippen LogP contribution in [0.1, 0.15) is 36.8 Å². The van der Waals surface area contributed by atoms with Crippen LogP contribution >= 0.6 is 0 Å². The molecule has 0 aliphatic heterocycles. The van der Waals surface area contributed by atoms with Gasteiger partial charge >= 0.3 is 0 Å². The summed E-state index contributed by atoms with van der Waals surface area (Å²) in [6.07, 6.45) is 3.62. The van der Waals surface area contributed by atoms with E-state index < -0.39 is 0 Å². The summed E-state index contributed by atoms with van der Waals surface area (Å²) in [7, 11) is 0. The van der Waals surface area contributed by atoms with E-state index in [1.165, 1.54) is 0 Å². The second-order valence-electron chi connectivity index (χ2n) is 4.54. The van der Waals surface area contributed by atoms with Gasteiger partial charge in [-0.3, -0.25) is 9.97 Å². The lowest BCUT2D eigenvalue weighted by Crippen LogP contribution is -2.23. The van der Waals surface area contributed by atoms with Gasteiger partial charge in [0.2, 0.25) is 0 Å². The van der Waals surface area contributed by atoms with E-state index in [-0.39, 0.29) is 6.04 Å². The molecule has 1 aromatic heterocycles. The Morgan fingerprint density at radius 1 is 1.15 bits per heavy atom. The highest BCUT2D eigenvalue weighted by Gasteiger charge is 2.18. The second kappa shape index (κ2) is 7.01. The Bertz CT molecular complexity index is 540. The number of nitrogens with zero attached hydrogens (tertiary/aromatic N) is 2. The van der Waals surface area contributed by atoms with Crippen LogP contribution in [0.3, 0.4) is 0 Å². The van der Waals surface area contributed by atoms with Crippen molar-refractivity contribution in [2.24, 2.45) is 0 Å². The molecule has 0 saturated heterocycles. The number of para-hydroxylation sites is 1. The van der Waals surface area contributed by atoms with Crippen molar-refractivity contribution in [1.82, 2.24) is 15.3 Å². The first-order valence-corrected chi connectivity index (χ1v) is 6.99. The summed E-state index contributed by atoms with van der Waals surface area (Å²) in [5, 5.41) is 3.45. The summed E-state index contributed by atoms with van der Waals surface area (Å²) >= 11 is 0. The minimum atomic E-state index is -0.00384. The smallest absolute Gasteiger partial charge is 0.124 e. The maximum absolute atomic E-state index is 5.72. The van der Waals surface area contributed by atoms with Crippen LogP contribution in [0.25, 0.3) is 0 Å². The fourth-order valence-corrected chi connectivity index (χ4v) is 2.14. The molecule has 1 atom stereocenters. The van der Waals surface area contributed by atoms with Crippen molar-refractivity contribution >= 4 is 0 Å². The quantitative estimate of drug-likeness (QED) is 0.877. The van der Waals surface area contributed by atoms with Gasteiger partial charge in [-0.2, -0.15) is 0 Å². The van der Waals surface area contributed by atoms with Gasteiger partial charge in [0, 0.05) is 11.8 Å². The summed E-state index contributed by atoms with van der Waals surface area (Å²) in [6.45, 7) is 7.51. The van der Waals surface area contributed by atoms with Crippen molar-refractivity contribution < 1.29 is 4.74 Å². The van der Waals surface area contributed by atoms with Crippen LogP contribution in [0.15, 0.2) is 36.7 Å². The molecule has 0 radical (unpaired) electrons. The lowest BCUT2D eigenvalue weighted by molar-refractivity contribution is 0.333. The van der Waals surface area contributed by atoms with E-state index in [0.717, 1.165) is 29.2 Å². The number of nitrogens with one attached hydrogen (secondary N) is 1. The monoisotopic (exact) mass is 271 g/mol. The van der Waals surface area contributed by atoms with Gasteiger partial charge in [-0.1, -0.05) is 25.1 Å². The molecule has 0 saturated carbocycles. The number of rotatable bonds is 6. The van der Waals surface area contributed by atoms with Gasteiger partial charge in [0.15, 0.2) is 0 Å². The average Bonchev–Trinajstić information content (AvgIpc) is 2.47. The Morgan fingerprint density at radius 3 is 2.60 bits per heavy atom. The molecular weight excluding hydrogens is 250 g/mol. The summed E-state index contributed by atoms with van der Waals surface area (Å²) in [5.74, 6) is 0.892. The van der Waals surface area contributed by atoms with Crippen LogP contribution in [0.5, 0.6) is 5.75 Å². The number of ether oxygens (including phenoxy) is 1. The minimum absolute atomic E-state index is 0.00384. The van der Waals surface area contributed by atoms with Crippen molar-refractivity contribution in [3.8, 4) is 5.75 Å². The Labute approximate surface area is 120 Å². The molecule has 20 heavy (non-hydrogen) atoms. The molecule has 0 fully saturated rings. The highest BCUT2D eigenvalue weighted by molar-refractivity contribution is 5.39. The van der Waals surface area contributed by atoms with E-state index in [1.54, 1.807) is 6.20 Å². The van der Waals surface area contributed by atoms with E-state index in [4.69, 9.17) is 4.74 Å². The summed E-state index contributed by atoms with van der Waals surface area (Å²) in [5.41, 5.74) is 2.92. The van der Waals surface area contributed by atoms with Gasteiger partial charge in [-0.15, -0.1) is 0 Å². The first-order chi connectivity index (χ1) is 9.76. The zero-order valence-corrected chi connectivity index (χ0v) is 12.3. The molecule has 1 heterocycles. The molecule has 106 valence electrons. The molecule has 1 aromatic carbocycles. The lowest BCUT2D eigenvalue weighted by Gasteiger charge is -2.20.